The lowest BCUT2D eigenvalue weighted by molar-refractivity contribution is 0.122. The number of nitrogens with zero attached hydrogens (tertiary/aromatic N) is 5. The number of carbonyl (C=O) groups excluding carboxylic acids is 1. The second-order valence-corrected chi connectivity index (χ2v) is 11.0. The second-order valence-electron chi connectivity index (χ2n) is 10.1. The van der Waals surface area contributed by atoms with E-state index in [1.54, 1.807) is 24.5 Å². The van der Waals surface area contributed by atoms with E-state index in [2.05, 4.69) is 55.2 Å². The number of rotatable bonds is 8. The number of urea groups is 1. The zero-order chi connectivity index (χ0) is 29.8. The maximum Gasteiger partial charge on any atom is 0.320 e. The van der Waals surface area contributed by atoms with Crippen molar-refractivity contribution >= 4 is 28.9 Å². The van der Waals surface area contributed by atoms with Crippen LogP contribution in [-0.2, 0) is 11.2 Å². The molecular formula is C32H33N7O3S. The maximum atomic E-state index is 12.4. The summed E-state index contributed by atoms with van der Waals surface area (Å²) in [6.45, 7) is 9.21. The largest absolute Gasteiger partial charge is 0.421 e. The summed E-state index contributed by atoms with van der Waals surface area (Å²) in [5, 5.41) is 17.0. The fraction of sp³-hybridized carbons (Fsp3) is 0.281. The summed E-state index contributed by atoms with van der Waals surface area (Å²) in [7, 11) is 0. The number of benzene rings is 2. The molecule has 1 aliphatic heterocycles. The Morgan fingerprint density at radius 1 is 1.00 bits per heavy atom. The topological polar surface area (TPSA) is 118 Å². The van der Waals surface area contributed by atoms with E-state index in [-0.39, 0.29) is 6.03 Å². The monoisotopic (exact) mass is 595 g/mol. The second kappa shape index (κ2) is 12.7. The molecule has 2 aromatic carbocycles. The fourth-order valence-electron chi connectivity index (χ4n) is 5.26. The molecule has 0 unspecified atom stereocenters. The lowest BCUT2D eigenvalue weighted by Gasteiger charge is -2.31. The molecule has 2 amide bonds. The minimum absolute atomic E-state index is 0.311. The van der Waals surface area contributed by atoms with Crippen LogP contribution in [0.1, 0.15) is 25.3 Å². The lowest BCUT2D eigenvalue weighted by Crippen LogP contribution is -2.36. The highest BCUT2D eigenvalue weighted by molar-refractivity contribution is 7.13. The average molecular weight is 596 g/mol. The van der Waals surface area contributed by atoms with Gasteiger partial charge >= 0.3 is 6.03 Å². The van der Waals surface area contributed by atoms with Crippen molar-refractivity contribution in [3.8, 4) is 44.4 Å². The number of morpholine rings is 1. The highest BCUT2D eigenvalue weighted by Crippen LogP contribution is 2.42. The Morgan fingerprint density at radius 2 is 1.81 bits per heavy atom. The zero-order valence-corrected chi connectivity index (χ0v) is 25.2. The van der Waals surface area contributed by atoms with Crippen molar-refractivity contribution in [1.29, 1.82) is 0 Å². The van der Waals surface area contributed by atoms with Crippen LogP contribution in [0.4, 0.5) is 16.3 Å². The maximum absolute atomic E-state index is 12.4. The molecule has 1 aliphatic rings. The smallest absolute Gasteiger partial charge is 0.320 e. The minimum atomic E-state index is -0.311. The number of anilines is 2. The first-order valence-corrected chi connectivity index (χ1v) is 15.3. The van der Waals surface area contributed by atoms with Gasteiger partial charge in [-0.3, -0.25) is 5.32 Å². The number of hydrogen-bond acceptors (Lipinski definition) is 9. The van der Waals surface area contributed by atoms with Crippen LogP contribution in [0.5, 0.6) is 0 Å². The highest BCUT2D eigenvalue weighted by Gasteiger charge is 2.23. The molecule has 6 rings (SSSR count). The number of pyridine rings is 1. The molecule has 1 saturated heterocycles. The molecule has 0 saturated carbocycles. The fourth-order valence-corrected chi connectivity index (χ4v) is 6.12. The Kier molecular flexibility index (Phi) is 8.43. The third kappa shape index (κ3) is 6.13. The molecule has 0 spiro atoms. The molecule has 5 aromatic rings. The van der Waals surface area contributed by atoms with Gasteiger partial charge in [0, 0.05) is 66.1 Å². The summed E-state index contributed by atoms with van der Waals surface area (Å²) in [4.78, 5) is 24.4. The summed E-state index contributed by atoms with van der Waals surface area (Å²) < 4.78 is 11.6. The number of ether oxygens (including phenoxy) is 1. The predicted octanol–water partition coefficient (Wildman–Crippen LogP) is 6.44. The van der Waals surface area contributed by atoms with Gasteiger partial charge in [-0.2, -0.15) is 0 Å². The number of aryl methyl sites for hydroxylation is 1. The van der Waals surface area contributed by atoms with Crippen LogP contribution in [0.2, 0.25) is 0 Å². The molecule has 220 valence electrons. The standard InChI is InChI=1S/C32H33N7O3S/c1-4-23-24(30-38-37-20(3)42-30)15-22(16-28(23)39-11-13-41-14-12-39)26-18-34-29(36-32(40)33-5-2)17-25(26)31-35-27(19-43-31)21-9-7-6-8-10-21/h6-10,15-19H,4-5,11-14H2,1-3H3,(H2,33,34,36,40). The molecule has 4 heterocycles. The van der Waals surface area contributed by atoms with E-state index in [9.17, 15) is 4.79 Å². The first kappa shape index (κ1) is 28.5. The van der Waals surface area contributed by atoms with Crippen molar-refractivity contribution in [2.45, 2.75) is 27.2 Å². The van der Waals surface area contributed by atoms with E-state index >= 15 is 0 Å². The van der Waals surface area contributed by atoms with Gasteiger partial charge in [0.2, 0.25) is 11.8 Å². The van der Waals surface area contributed by atoms with E-state index in [4.69, 9.17) is 14.1 Å². The van der Waals surface area contributed by atoms with Gasteiger partial charge in [-0.15, -0.1) is 21.5 Å². The van der Waals surface area contributed by atoms with Gasteiger partial charge in [0.15, 0.2) is 0 Å². The Morgan fingerprint density at radius 3 is 2.53 bits per heavy atom. The Hall–Kier alpha value is -4.61. The van der Waals surface area contributed by atoms with E-state index < -0.39 is 0 Å². The Bertz CT molecular complexity index is 1730. The van der Waals surface area contributed by atoms with Crippen molar-refractivity contribution in [1.82, 2.24) is 25.5 Å². The molecule has 0 atom stereocenters. The van der Waals surface area contributed by atoms with Crippen LogP contribution in [0.15, 0.2) is 64.5 Å². The molecule has 0 aliphatic carbocycles. The quantitative estimate of drug-likeness (QED) is 0.211. The molecule has 0 bridgehead atoms. The van der Waals surface area contributed by atoms with Gasteiger partial charge in [0.1, 0.15) is 10.8 Å². The number of aromatic nitrogens is 4. The van der Waals surface area contributed by atoms with Crippen LogP contribution in [0.25, 0.3) is 44.4 Å². The Labute approximate surface area is 254 Å². The summed E-state index contributed by atoms with van der Waals surface area (Å²) in [6, 6.07) is 16.0. The van der Waals surface area contributed by atoms with E-state index in [1.165, 1.54) is 0 Å². The van der Waals surface area contributed by atoms with Gasteiger partial charge in [0.05, 0.1) is 18.9 Å². The summed E-state index contributed by atoms with van der Waals surface area (Å²) in [5.74, 6) is 1.43. The molecule has 10 nitrogen and oxygen atoms in total. The van der Waals surface area contributed by atoms with Gasteiger partial charge in [-0.05, 0) is 42.7 Å². The van der Waals surface area contributed by atoms with Gasteiger partial charge < -0.3 is 19.4 Å². The van der Waals surface area contributed by atoms with Crippen LogP contribution in [-0.4, -0.2) is 59.0 Å². The summed E-state index contributed by atoms with van der Waals surface area (Å²) >= 11 is 1.55. The molecule has 43 heavy (non-hydrogen) atoms. The molecule has 2 N–H and O–H groups in total. The van der Waals surface area contributed by atoms with Crippen LogP contribution < -0.4 is 15.5 Å². The minimum Gasteiger partial charge on any atom is -0.421 e. The average Bonchev–Trinajstić information content (AvgIpc) is 3.71. The number of nitrogens with one attached hydrogen (secondary N) is 2. The first-order chi connectivity index (χ1) is 21.0. The van der Waals surface area contributed by atoms with Crippen molar-refractivity contribution < 1.29 is 13.9 Å². The zero-order valence-electron chi connectivity index (χ0n) is 24.4. The van der Waals surface area contributed by atoms with Crippen molar-refractivity contribution in [2.75, 3.05) is 43.1 Å². The van der Waals surface area contributed by atoms with Crippen LogP contribution in [0, 0.1) is 6.92 Å². The number of hydrogen-bond donors (Lipinski definition) is 2. The van der Waals surface area contributed by atoms with E-state index in [0.717, 1.165) is 69.3 Å². The molecule has 0 radical (unpaired) electrons. The molecule has 1 fully saturated rings. The first-order valence-electron chi connectivity index (χ1n) is 14.4. The van der Waals surface area contributed by atoms with Crippen LogP contribution >= 0.6 is 11.3 Å². The van der Waals surface area contributed by atoms with Crippen molar-refractivity contribution in [2.24, 2.45) is 0 Å². The van der Waals surface area contributed by atoms with Gasteiger partial charge in [-0.1, -0.05) is 37.3 Å². The normalized spacial score (nSPS) is 13.2. The van der Waals surface area contributed by atoms with Crippen molar-refractivity contribution in [3.05, 3.63) is 71.6 Å². The SMILES string of the molecule is CCNC(=O)Nc1cc(-c2nc(-c3ccccc3)cs2)c(-c2cc(-c3nnc(C)o3)c(CC)c(N3CCOCC3)c2)cn1. The summed E-state index contributed by atoms with van der Waals surface area (Å²) in [6.07, 6.45) is 2.59. The molecular weight excluding hydrogens is 562 g/mol. The number of carbonyl (C=O) groups is 1. The molecule has 11 heteroatoms. The van der Waals surface area contributed by atoms with Gasteiger partial charge in [-0.25, -0.2) is 14.8 Å². The predicted molar refractivity (Wildman–Crippen MR) is 169 cm³/mol. The van der Waals surface area contributed by atoms with Crippen LogP contribution in [0.3, 0.4) is 0 Å². The van der Waals surface area contributed by atoms with E-state index in [0.29, 0.717) is 37.4 Å². The Balaban J connectivity index is 1.53. The highest BCUT2D eigenvalue weighted by atomic mass is 32.1. The lowest BCUT2D eigenvalue weighted by atomic mass is 9.93. The molecule has 3 aromatic heterocycles. The number of amides is 2. The van der Waals surface area contributed by atoms with E-state index in [1.807, 2.05) is 43.3 Å². The van der Waals surface area contributed by atoms with Gasteiger partial charge in [0.25, 0.3) is 0 Å². The summed E-state index contributed by atoms with van der Waals surface area (Å²) in [5.41, 5.74) is 7.74. The third-order valence-electron chi connectivity index (χ3n) is 7.29. The number of thiazole rings is 1. The van der Waals surface area contributed by atoms with Crippen molar-refractivity contribution in [3.63, 3.8) is 0 Å². The third-order valence-corrected chi connectivity index (χ3v) is 8.16.